The van der Waals surface area contributed by atoms with Crippen molar-refractivity contribution in [3.8, 4) is 11.3 Å². The molecule has 1 aliphatic rings. The number of benzene rings is 2. The van der Waals surface area contributed by atoms with Crippen LogP contribution in [0.15, 0.2) is 71.3 Å². The van der Waals surface area contributed by atoms with Gasteiger partial charge in [0, 0.05) is 18.2 Å². The molecule has 0 saturated heterocycles. The second kappa shape index (κ2) is 6.39. The van der Waals surface area contributed by atoms with Crippen molar-refractivity contribution >= 4 is 0 Å². The number of hydrogen-bond acceptors (Lipinski definition) is 3. The lowest BCUT2D eigenvalue weighted by Crippen LogP contribution is -2.25. The standard InChI is InChI=1S/C20H20N2O/c1-3-7-16(8-4-1)14-22(18-11-12-18)15-20-21-13-19(23-20)17-9-5-2-6-10-17/h1-10,13,18H,11-12,14-15H2. The van der Waals surface area contributed by atoms with Crippen molar-refractivity contribution in [2.45, 2.75) is 32.0 Å². The van der Waals surface area contributed by atoms with E-state index in [1.807, 2.05) is 36.5 Å². The van der Waals surface area contributed by atoms with Gasteiger partial charge in [0.2, 0.25) is 5.89 Å². The van der Waals surface area contributed by atoms with Gasteiger partial charge in [0.05, 0.1) is 12.7 Å². The normalized spacial score (nSPS) is 14.3. The lowest BCUT2D eigenvalue weighted by Gasteiger charge is -2.20. The van der Waals surface area contributed by atoms with Gasteiger partial charge in [-0.1, -0.05) is 60.7 Å². The molecule has 1 fully saturated rings. The Balaban J connectivity index is 1.48. The molecule has 0 bridgehead atoms. The minimum Gasteiger partial charge on any atom is -0.439 e. The summed E-state index contributed by atoms with van der Waals surface area (Å²) in [5, 5.41) is 0. The molecule has 0 aliphatic heterocycles. The molecule has 1 aromatic heterocycles. The van der Waals surface area contributed by atoms with E-state index in [1.165, 1.54) is 18.4 Å². The summed E-state index contributed by atoms with van der Waals surface area (Å²) >= 11 is 0. The molecule has 0 unspecified atom stereocenters. The summed E-state index contributed by atoms with van der Waals surface area (Å²) in [5.41, 5.74) is 2.42. The highest BCUT2D eigenvalue weighted by molar-refractivity contribution is 5.55. The summed E-state index contributed by atoms with van der Waals surface area (Å²) in [6, 6.07) is 21.4. The fraction of sp³-hybridized carbons (Fsp3) is 0.250. The number of hydrogen-bond donors (Lipinski definition) is 0. The van der Waals surface area contributed by atoms with Crippen molar-refractivity contribution in [3.63, 3.8) is 0 Å². The van der Waals surface area contributed by atoms with Crippen LogP contribution in [0.1, 0.15) is 24.3 Å². The molecule has 23 heavy (non-hydrogen) atoms. The van der Waals surface area contributed by atoms with Crippen molar-refractivity contribution in [2.24, 2.45) is 0 Å². The lowest BCUT2D eigenvalue weighted by atomic mass is 10.2. The number of rotatable bonds is 6. The number of aromatic nitrogens is 1. The van der Waals surface area contributed by atoms with Gasteiger partial charge in [0.15, 0.2) is 5.76 Å². The molecule has 3 aromatic rings. The first kappa shape index (κ1) is 14.2. The van der Waals surface area contributed by atoms with Crippen LogP contribution in [0.5, 0.6) is 0 Å². The second-order valence-corrected chi connectivity index (χ2v) is 6.11. The fourth-order valence-electron chi connectivity index (χ4n) is 2.86. The SMILES string of the molecule is c1ccc(CN(Cc2ncc(-c3ccccc3)o2)C2CC2)cc1. The lowest BCUT2D eigenvalue weighted by molar-refractivity contribution is 0.221. The Morgan fingerprint density at radius 2 is 1.61 bits per heavy atom. The first-order valence-electron chi connectivity index (χ1n) is 8.16. The Bertz CT molecular complexity index is 748. The molecule has 3 nitrogen and oxygen atoms in total. The van der Waals surface area contributed by atoms with Gasteiger partial charge < -0.3 is 4.42 Å². The maximum atomic E-state index is 5.96. The highest BCUT2D eigenvalue weighted by atomic mass is 16.4. The predicted octanol–water partition coefficient (Wildman–Crippen LogP) is 4.51. The van der Waals surface area contributed by atoms with Gasteiger partial charge in [-0.25, -0.2) is 4.98 Å². The van der Waals surface area contributed by atoms with Gasteiger partial charge in [-0.2, -0.15) is 0 Å². The topological polar surface area (TPSA) is 29.3 Å². The Morgan fingerprint density at radius 1 is 0.913 bits per heavy atom. The molecule has 0 spiro atoms. The smallest absolute Gasteiger partial charge is 0.209 e. The van der Waals surface area contributed by atoms with E-state index < -0.39 is 0 Å². The monoisotopic (exact) mass is 304 g/mol. The third kappa shape index (κ3) is 3.51. The molecular weight excluding hydrogens is 284 g/mol. The second-order valence-electron chi connectivity index (χ2n) is 6.11. The van der Waals surface area contributed by atoms with Crippen molar-refractivity contribution in [3.05, 3.63) is 78.3 Å². The molecule has 1 aliphatic carbocycles. The first-order valence-corrected chi connectivity index (χ1v) is 8.16. The van der Waals surface area contributed by atoms with Crippen LogP contribution in [0, 0.1) is 0 Å². The molecule has 4 rings (SSSR count). The summed E-state index contributed by atoms with van der Waals surface area (Å²) in [4.78, 5) is 6.94. The van der Waals surface area contributed by atoms with Crippen LogP contribution in [0.3, 0.4) is 0 Å². The minimum absolute atomic E-state index is 0.669. The zero-order valence-corrected chi connectivity index (χ0v) is 13.1. The molecule has 0 N–H and O–H groups in total. The zero-order valence-electron chi connectivity index (χ0n) is 13.1. The first-order chi connectivity index (χ1) is 11.4. The molecule has 1 saturated carbocycles. The summed E-state index contributed by atoms with van der Waals surface area (Å²) in [7, 11) is 0. The molecular formula is C20H20N2O. The zero-order chi connectivity index (χ0) is 15.5. The quantitative estimate of drug-likeness (QED) is 0.671. The Labute approximate surface area is 136 Å². The van der Waals surface area contributed by atoms with E-state index in [-0.39, 0.29) is 0 Å². The van der Waals surface area contributed by atoms with Crippen molar-refractivity contribution in [1.82, 2.24) is 9.88 Å². The molecule has 3 heteroatoms. The van der Waals surface area contributed by atoms with Gasteiger partial charge in [-0.05, 0) is 18.4 Å². The fourth-order valence-corrected chi connectivity index (χ4v) is 2.86. The largest absolute Gasteiger partial charge is 0.439 e. The molecule has 116 valence electrons. The molecule has 2 aromatic carbocycles. The molecule has 0 radical (unpaired) electrons. The van der Waals surface area contributed by atoms with E-state index in [1.54, 1.807) is 0 Å². The van der Waals surface area contributed by atoms with Crippen LogP contribution >= 0.6 is 0 Å². The van der Waals surface area contributed by atoms with E-state index in [4.69, 9.17) is 4.42 Å². The third-order valence-corrected chi connectivity index (χ3v) is 4.24. The summed E-state index contributed by atoms with van der Waals surface area (Å²) in [6.07, 6.45) is 4.39. The van der Waals surface area contributed by atoms with Crippen LogP contribution in [0.2, 0.25) is 0 Å². The number of oxazole rings is 1. The Morgan fingerprint density at radius 3 is 2.30 bits per heavy atom. The van der Waals surface area contributed by atoms with Crippen molar-refractivity contribution < 1.29 is 4.42 Å². The van der Waals surface area contributed by atoms with Gasteiger partial charge in [0.1, 0.15) is 0 Å². The average Bonchev–Trinajstić information content (AvgIpc) is 3.35. The number of nitrogens with zero attached hydrogens (tertiary/aromatic N) is 2. The van der Waals surface area contributed by atoms with E-state index in [9.17, 15) is 0 Å². The van der Waals surface area contributed by atoms with Crippen molar-refractivity contribution in [1.29, 1.82) is 0 Å². The Hall–Kier alpha value is -2.39. The van der Waals surface area contributed by atoms with E-state index >= 15 is 0 Å². The van der Waals surface area contributed by atoms with Gasteiger partial charge in [-0.15, -0.1) is 0 Å². The van der Waals surface area contributed by atoms with Gasteiger partial charge in [-0.3, -0.25) is 4.90 Å². The van der Waals surface area contributed by atoms with E-state index in [0.717, 1.165) is 30.3 Å². The minimum atomic E-state index is 0.669. The summed E-state index contributed by atoms with van der Waals surface area (Å²) in [6.45, 7) is 1.72. The van der Waals surface area contributed by atoms with E-state index in [2.05, 4.69) is 40.2 Å². The molecule has 0 amide bonds. The van der Waals surface area contributed by atoms with Gasteiger partial charge in [0.25, 0.3) is 0 Å². The third-order valence-electron chi connectivity index (χ3n) is 4.24. The molecule has 0 atom stereocenters. The molecule has 1 heterocycles. The Kier molecular flexibility index (Phi) is 3.95. The van der Waals surface area contributed by atoms with Crippen molar-refractivity contribution in [2.75, 3.05) is 0 Å². The van der Waals surface area contributed by atoms with Crippen LogP contribution in [-0.4, -0.2) is 15.9 Å². The predicted molar refractivity (Wildman–Crippen MR) is 90.7 cm³/mol. The summed E-state index contributed by atoms with van der Waals surface area (Å²) < 4.78 is 5.96. The van der Waals surface area contributed by atoms with Crippen LogP contribution in [0.4, 0.5) is 0 Å². The van der Waals surface area contributed by atoms with Crippen LogP contribution < -0.4 is 0 Å². The highest BCUT2D eigenvalue weighted by Gasteiger charge is 2.30. The van der Waals surface area contributed by atoms with Gasteiger partial charge >= 0.3 is 0 Å². The average molecular weight is 304 g/mol. The highest BCUT2D eigenvalue weighted by Crippen LogP contribution is 2.30. The van der Waals surface area contributed by atoms with E-state index in [0.29, 0.717) is 6.04 Å². The van der Waals surface area contributed by atoms with Crippen LogP contribution in [0.25, 0.3) is 11.3 Å². The maximum Gasteiger partial charge on any atom is 0.209 e. The summed E-state index contributed by atoms with van der Waals surface area (Å²) in [5.74, 6) is 1.64. The van der Waals surface area contributed by atoms with Crippen LogP contribution in [-0.2, 0) is 13.1 Å². The maximum absolute atomic E-state index is 5.96.